The van der Waals surface area contributed by atoms with Gasteiger partial charge in [0, 0.05) is 11.1 Å². The van der Waals surface area contributed by atoms with E-state index in [0.717, 1.165) is 18.5 Å². The maximum absolute atomic E-state index is 13.7. The molecule has 3 nitrogen and oxygen atoms in total. The Morgan fingerprint density at radius 3 is 2.50 bits per heavy atom. The first-order valence-corrected chi connectivity index (χ1v) is 6.28. The number of fused-ring (bicyclic) bond motifs is 1. The van der Waals surface area contributed by atoms with E-state index in [9.17, 15) is 17.6 Å². The Bertz CT molecular complexity index is 830. The second-order valence-electron chi connectivity index (χ2n) is 4.56. The van der Waals surface area contributed by atoms with Crippen molar-refractivity contribution < 1.29 is 17.6 Å². The zero-order chi connectivity index (χ0) is 15.7. The Morgan fingerprint density at radius 1 is 0.955 bits per heavy atom. The topological polar surface area (TPSA) is 37.8 Å². The molecule has 0 amide bonds. The van der Waals surface area contributed by atoms with E-state index in [1.165, 1.54) is 24.3 Å². The molecule has 3 rings (SSSR count). The van der Waals surface area contributed by atoms with Crippen LogP contribution in [0.3, 0.4) is 0 Å². The van der Waals surface area contributed by atoms with E-state index in [0.29, 0.717) is 5.39 Å². The molecule has 1 aromatic heterocycles. The van der Waals surface area contributed by atoms with Crippen LogP contribution in [0.4, 0.5) is 29.1 Å². The van der Waals surface area contributed by atoms with Crippen LogP contribution < -0.4 is 5.32 Å². The van der Waals surface area contributed by atoms with E-state index in [1.807, 2.05) is 0 Å². The normalized spacial score (nSPS) is 11.6. The van der Waals surface area contributed by atoms with Crippen LogP contribution in [0.15, 0.2) is 48.8 Å². The molecule has 2 aromatic carbocycles. The largest absolute Gasteiger partial charge is 0.416 e. The number of hydrogen-bond donors (Lipinski definition) is 1. The highest BCUT2D eigenvalue weighted by Gasteiger charge is 2.30. The molecule has 1 N–H and O–H groups in total. The lowest BCUT2D eigenvalue weighted by atomic mass is 10.2. The van der Waals surface area contributed by atoms with Crippen LogP contribution in [0.2, 0.25) is 0 Å². The summed E-state index contributed by atoms with van der Waals surface area (Å²) in [7, 11) is 0. The van der Waals surface area contributed by atoms with Gasteiger partial charge in [0.05, 0.1) is 5.56 Å². The maximum atomic E-state index is 13.7. The van der Waals surface area contributed by atoms with Crippen LogP contribution in [0.5, 0.6) is 0 Å². The molecule has 0 atom stereocenters. The second kappa shape index (κ2) is 5.25. The van der Waals surface area contributed by atoms with E-state index in [2.05, 4.69) is 15.3 Å². The molecular formula is C15H9F4N3. The van der Waals surface area contributed by atoms with Gasteiger partial charge in [-0.3, -0.25) is 0 Å². The van der Waals surface area contributed by atoms with Crippen molar-refractivity contribution in [2.24, 2.45) is 0 Å². The highest BCUT2D eigenvalue weighted by atomic mass is 19.4. The summed E-state index contributed by atoms with van der Waals surface area (Å²) < 4.78 is 51.8. The van der Waals surface area contributed by atoms with Crippen molar-refractivity contribution in [1.82, 2.24) is 9.97 Å². The van der Waals surface area contributed by atoms with Crippen LogP contribution in [0, 0.1) is 5.82 Å². The Labute approximate surface area is 122 Å². The fourth-order valence-electron chi connectivity index (χ4n) is 2.06. The van der Waals surface area contributed by atoms with Gasteiger partial charge in [-0.05, 0) is 30.3 Å². The molecule has 0 bridgehead atoms. The van der Waals surface area contributed by atoms with Gasteiger partial charge in [0.1, 0.15) is 23.5 Å². The first-order chi connectivity index (χ1) is 10.4. The van der Waals surface area contributed by atoms with E-state index in [-0.39, 0.29) is 17.0 Å². The fourth-order valence-corrected chi connectivity index (χ4v) is 2.06. The second-order valence-corrected chi connectivity index (χ2v) is 4.56. The number of alkyl halides is 3. The number of para-hydroxylation sites is 1. The first-order valence-electron chi connectivity index (χ1n) is 6.28. The molecule has 3 aromatic rings. The van der Waals surface area contributed by atoms with Gasteiger partial charge in [-0.2, -0.15) is 13.2 Å². The molecule has 0 fully saturated rings. The third kappa shape index (κ3) is 2.69. The summed E-state index contributed by atoms with van der Waals surface area (Å²) in [6, 6.07) is 9.03. The highest BCUT2D eigenvalue weighted by molar-refractivity contribution is 5.90. The molecule has 0 aliphatic rings. The van der Waals surface area contributed by atoms with Gasteiger partial charge in [0.2, 0.25) is 0 Å². The molecule has 22 heavy (non-hydrogen) atoms. The Kier molecular flexibility index (Phi) is 3.40. The van der Waals surface area contributed by atoms with Crippen molar-refractivity contribution in [3.8, 4) is 0 Å². The summed E-state index contributed by atoms with van der Waals surface area (Å²) in [6.45, 7) is 0. The lowest BCUT2D eigenvalue weighted by Gasteiger charge is -2.11. The van der Waals surface area contributed by atoms with Gasteiger partial charge in [0.15, 0.2) is 0 Å². The maximum Gasteiger partial charge on any atom is 0.416 e. The Morgan fingerprint density at radius 2 is 1.73 bits per heavy atom. The Hall–Kier alpha value is -2.70. The van der Waals surface area contributed by atoms with Crippen molar-refractivity contribution >= 4 is 22.4 Å². The summed E-state index contributed by atoms with van der Waals surface area (Å²) in [5, 5.41) is 3.16. The van der Waals surface area contributed by atoms with Gasteiger partial charge in [0.25, 0.3) is 0 Å². The van der Waals surface area contributed by atoms with Crippen molar-refractivity contribution in [3.63, 3.8) is 0 Å². The zero-order valence-corrected chi connectivity index (χ0v) is 11.0. The zero-order valence-electron chi connectivity index (χ0n) is 11.0. The van der Waals surface area contributed by atoms with Crippen molar-refractivity contribution in [3.05, 3.63) is 60.2 Å². The number of aromatic nitrogens is 2. The highest BCUT2D eigenvalue weighted by Crippen LogP contribution is 2.32. The molecule has 1 heterocycles. The molecular weight excluding hydrogens is 298 g/mol. The minimum Gasteiger partial charge on any atom is -0.340 e. The van der Waals surface area contributed by atoms with Gasteiger partial charge < -0.3 is 5.32 Å². The number of hydrogen-bond acceptors (Lipinski definition) is 3. The van der Waals surface area contributed by atoms with Gasteiger partial charge in [-0.25, -0.2) is 14.4 Å². The lowest BCUT2D eigenvalue weighted by molar-refractivity contribution is -0.137. The van der Waals surface area contributed by atoms with Crippen molar-refractivity contribution in [1.29, 1.82) is 0 Å². The van der Waals surface area contributed by atoms with Crippen LogP contribution in [-0.2, 0) is 6.18 Å². The number of nitrogens with zero attached hydrogens (tertiary/aromatic N) is 2. The van der Waals surface area contributed by atoms with Crippen molar-refractivity contribution in [2.75, 3.05) is 5.32 Å². The average molecular weight is 307 g/mol. The summed E-state index contributed by atoms with van der Waals surface area (Å²) >= 11 is 0. The van der Waals surface area contributed by atoms with Crippen LogP contribution in [-0.4, -0.2) is 9.97 Å². The molecule has 0 aliphatic carbocycles. The summed E-state index contributed by atoms with van der Waals surface area (Å²) in [5.41, 5.74) is -0.465. The Balaban J connectivity index is 2.02. The van der Waals surface area contributed by atoms with Gasteiger partial charge in [-0.15, -0.1) is 0 Å². The molecule has 0 radical (unpaired) electrons. The smallest absolute Gasteiger partial charge is 0.340 e. The molecule has 0 aliphatic heterocycles. The minimum atomic E-state index is -4.43. The number of nitrogens with one attached hydrogen (secondary N) is 1. The number of benzene rings is 2. The number of halogens is 4. The first kappa shape index (κ1) is 14.2. The SMILES string of the molecule is Fc1cccc2c(Nc3cccc(C(F)(F)F)c3)ncnc12. The lowest BCUT2D eigenvalue weighted by Crippen LogP contribution is -2.05. The molecule has 0 saturated heterocycles. The quantitative estimate of drug-likeness (QED) is 0.707. The van der Waals surface area contributed by atoms with Gasteiger partial charge in [-0.1, -0.05) is 12.1 Å². The van der Waals surface area contributed by atoms with Gasteiger partial charge >= 0.3 is 6.18 Å². The van der Waals surface area contributed by atoms with E-state index in [1.54, 1.807) is 6.07 Å². The summed E-state index contributed by atoms with van der Waals surface area (Å²) in [6.07, 6.45) is -3.28. The monoisotopic (exact) mass is 307 g/mol. The molecule has 7 heteroatoms. The molecule has 0 spiro atoms. The third-order valence-electron chi connectivity index (χ3n) is 3.07. The van der Waals surface area contributed by atoms with Crippen LogP contribution in [0.25, 0.3) is 10.9 Å². The summed E-state index contributed by atoms with van der Waals surface area (Å²) in [4.78, 5) is 7.80. The predicted molar refractivity (Wildman–Crippen MR) is 74.2 cm³/mol. The predicted octanol–water partition coefficient (Wildman–Crippen LogP) is 4.53. The van der Waals surface area contributed by atoms with Crippen molar-refractivity contribution in [2.45, 2.75) is 6.18 Å². The van der Waals surface area contributed by atoms with E-state index in [4.69, 9.17) is 0 Å². The minimum absolute atomic E-state index is 0.104. The molecule has 112 valence electrons. The average Bonchev–Trinajstić information content (AvgIpc) is 2.48. The molecule has 0 saturated carbocycles. The van der Waals surface area contributed by atoms with Crippen LogP contribution >= 0.6 is 0 Å². The number of anilines is 2. The standard InChI is InChI=1S/C15H9F4N3/c16-12-6-2-5-11-13(12)20-8-21-14(11)22-10-4-1-3-9(7-10)15(17,18)19/h1-8H,(H,20,21,22). The third-order valence-corrected chi connectivity index (χ3v) is 3.07. The number of rotatable bonds is 2. The van der Waals surface area contributed by atoms with E-state index >= 15 is 0 Å². The van der Waals surface area contributed by atoms with E-state index < -0.39 is 17.6 Å². The summed E-state index contributed by atoms with van der Waals surface area (Å²) in [5.74, 6) is -0.282. The fraction of sp³-hybridized carbons (Fsp3) is 0.0667. The molecule has 0 unspecified atom stereocenters. The van der Waals surface area contributed by atoms with Crippen LogP contribution in [0.1, 0.15) is 5.56 Å².